The van der Waals surface area contributed by atoms with Crippen molar-refractivity contribution in [2.75, 3.05) is 108 Å². The number of halogens is 6. The van der Waals surface area contributed by atoms with Crippen LogP contribution in [-0.4, -0.2) is 169 Å². The first-order chi connectivity index (χ1) is 45.9. The van der Waals surface area contributed by atoms with Crippen molar-refractivity contribution in [2.24, 2.45) is 17.8 Å². The van der Waals surface area contributed by atoms with E-state index in [1.807, 2.05) is 78.9 Å². The zero-order valence-corrected chi connectivity index (χ0v) is 58.3. The van der Waals surface area contributed by atoms with Crippen LogP contribution in [0.25, 0.3) is 0 Å². The Labute approximate surface area is 592 Å². The maximum Gasteiger partial charge on any atom is 0.335 e. The first kappa shape index (κ1) is 72.1. The number of rotatable bonds is 20. The van der Waals surface area contributed by atoms with Crippen molar-refractivity contribution in [3.8, 4) is 17.2 Å². The van der Waals surface area contributed by atoms with Crippen molar-refractivity contribution >= 4 is 98.9 Å². The summed E-state index contributed by atoms with van der Waals surface area (Å²) in [4.78, 5) is 48.6. The molecule has 0 aromatic heterocycles. The van der Waals surface area contributed by atoms with Crippen LogP contribution in [0.3, 0.4) is 0 Å². The van der Waals surface area contributed by atoms with E-state index in [-0.39, 0.29) is 27.6 Å². The number of carboxylic acids is 3. The standard InChI is InChI=1S/2C25H30Cl2N2O3.C24H28Cl2N2O3.2H2/c26-22-6-5-21(16-23(22)27)32-20-9-11-28(12-10-20)17-18-7-13-29(14-8-18)24-4-2-1-3-19(24)15-25(30)31;26-22-7-6-21(16-23(22)27)32-20-10-12-28(13-11-20)17-18-8-14-29(15-9-18)24(25(30)31)19-4-2-1-3-5-19;25-22-6-5-21(15-23(22)26)31-20-9-11-27(12-10-20)16-17-7-13-28(14-8-17)19-3-1-18(2-4-19)24(29)30;;/h1-6,16,18,20H,7-15,17H2,(H,30,31);1-7,16,18,20,24H,8-15,17H2,(H,30,31);1-6,15,17,20H,7-14,16H2,(H,29,30);2*1H. The second kappa shape index (κ2) is 35.7. The maximum atomic E-state index is 11.9. The van der Waals surface area contributed by atoms with Gasteiger partial charge in [0.2, 0.25) is 0 Å². The largest absolute Gasteiger partial charge is 0.490 e. The van der Waals surface area contributed by atoms with Gasteiger partial charge in [-0.05, 0) is 186 Å². The number of aromatic carboxylic acids is 1. The molecule has 6 aromatic carbocycles. The van der Waals surface area contributed by atoms with Gasteiger partial charge >= 0.3 is 17.9 Å². The molecule has 1 unspecified atom stereocenters. The Morgan fingerprint density at radius 2 is 0.800 bits per heavy atom. The van der Waals surface area contributed by atoms with Gasteiger partial charge in [-0.3, -0.25) is 14.5 Å². The maximum absolute atomic E-state index is 11.9. The SMILES string of the molecule is O=C(O)C(c1ccccc1)N1CCC(CN2CCC(Oc3ccc(Cl)c(Cl)c3)CC2)CC1.O=C(O)Cc1ccccc1N1CCC(CN2CCC(Oc3ccc(Cl)c(Cl)c3)CC2)CC1.O=C(O)c1ccc(N2CCC(CN3CCC(Oc4ccc(Cl)c(Cl)c4)CC3)CC2)cc1.[HH].[HH]. The molecular formula is C74H92Cl6N6O9. The quantitative estimate of drug-likeness (QED) is 0.0662. The molecule has 0 saturated carbocycles. The van der Waals surface area contributed by atoms with Crippen LogP contribution >= 0.6 is 69.6 Å². The van der Waals surface area contributed by atoms with Gasteiger partial charge in [-0.15, -0.1) is 0 Å². The van der Waals surface area contributed by atoms with Crippen LogP contribution in [0.4, 0.5) is 11.4 Å². The summed E-state index contributed by atoms with van der Waals surface area (Å²) in [6, 6.07) is 40.4. The lowest BCUT2D eigenvalue weighted by Crippen LogP contribution is -2.45. The molecule has 6 aliphatic rings. The lowest BCUT2D eigenvalue weighted by atomic mass is 9.93. The normalized spacial score (nSPS) is 19.2. The smallest absolute Gasteiger partial charge is 0.335 e. The summed E-state index contributed by atoms with van der Waals surface area (Å²) in [6.07, 6.45) is 13.5. The number of nitrogens with zero attached hydrogens (tertiary/aromatic N) is 6. The van der Waals surface area contributed by atoms with Crippen molar-refractivity contribution in [3.63, 3.8) is 0 Å². The molecule has 6 saturated heterocycles. The van der Waals surface area contributed by atoms with Gasteiger partial charge in [0.1, 0.15) is 41.6 Å². The predicted molar refractivity (Wildman–Crippen MR) is 386 cm³/mol. The van der Waals surface area contributed by atoms with E-state index >= 15 is 0 Å². The van der Waals surface area contributed by atoms with Gasteiger partial charge in [0, 0.05) is 118 Å². The highest BCUT2D eigenvalue weighted by Crippen LogP contribution is 2.35. The molecule has 0 aliphatic carbocycles. The molecule has 95 heavy (non-hydrogen) atoms. The number of anilines is 2. The third-order valence-electron chi connectivity index (χ3n) is 19.5. The topological polar surface area (TPSA) is 159 Å². The lowest BCUT2D eigenvalue weighted by Gasteiger charge is -2.39. The molecule has 21 heteroatoms. The Bertz CT molecular complexity index is 3430. The van der Waals surface area contributed by atoms with Crippen molar-refractivity contribution < 1.29 is 46.8 Å². The number of aliphatic carboxylic acids is 2. The van der Waals surface area contributed by atoms with Crippen molar-refractivity contribution in [2.45, 2.75) is 108 Å². The van der Waals surface area contributed by atoms with E-state index in [1.165, 1.54) is 12.8 Å². The first-order valence-corrected chi connectivity index (χ1v) is 35.9. The summed E-state index contributed by atoms with van der Waals surface area (Å²) in [5, 5.41) is 31.2. The monoisotopic (exact) mass is 1420 g/mol. The van der Waals surface area contributed by atoms with E-state index in [2.05, 4.69) is 35.5 Å². The molecule has 0 bridgehead atoms. The summed E-state index contributed by atoms with van der Waals surface area (Å²) < 4.78 is 18.3. The Morgan fingerprint density at radius 3 is 1.18 bits per heavy atom. The van der Waals surface area contributed by atoms with E-state index in [0.717, 1.165) is 202 Å². The molecule has 0 amide bonds. The van der Waals surface area contributed by atoms with Crippen LogP contribution in [0.2, 0.25) is 30.1 Å². The average Bonchev–Trinajstić information content (AvgIpc) is 0.870. The summed E-state index contributed by atoms with van der Waals surface area (Å²) in [5.74, 6) is 1.94. The van der Waals surface area contributed by atoms with Crippen LogP contribution in [0.5, 0.6) is 17.2 Å². The molecule has 3 N–H and O–H groups in total. The highest BCUT2D eigenvalue weighted by atomic mass is 35.5. The summed E-state index contributed by atoms with van der Waals surface area (Å²) in [7, 11) is 0. The minimum absolute atomic E-state index is 0. The third kappa shape index (κ3) is 21.7. The molecule has 1 atom stereocenters. The first-order valence-electron chi connectivity index (χ1n) is 33.6. The second-order valence-electron chi connectivity index (χ2n) is 26.1. The fourth-order valence-corrected chi connectivity index (χ4v) is 15.0. The molecular weight excluding hydrogens is 1330 g/mol. The van der Waals surface area contributed by atoms with Crippen LogP contribution in [0, 0.1) is 17.8 Å². The number of hydrogen-bond donors (Lipinski definition) is 3. The second-order valence-corrected chi connectivity index (χ2v) is 28.6. The minimum Gasteiger partial charge on any atom is -0.490 e. The zero-order chi connectivity index (χ0) is 66.8. The van der Waals surface area contributed by atoms with E-state index in [9.17, 15) is 24.6 Å². The summed E-state index contributed by atoms with van der Waals surface area (Å²) in [5.41, 5.74) is 4.30. The number of carbonyl (C=O) groups is 3. The molecule has 0 radical (unpaired) electrons. The molecule has 6 heterocycles. The molecule has 12 rings (SSSR count). The van der Waals surface area contributed by atoms with Gasteiger partial charge in [0.25, 0.3) is 0 Å². The fourth-order valence-electron chi connectivity index (χ4n) is 14.2. The van der Waals surface area contributed by atoms with Crippen molar-refractivity contribution in [1.82, 2.24) is 19.6 Å². The van der Waals surface area contributed by atoms with Crippen molar-refractivity contribution in [3.05, 3.63) is 180 Å². The Morgan fingerprint density at radius 1 is 0.421 bits per heavy atom. The zero-order valence-electron chi connectivity index (χ0n) is 53.8. The molecule has 6 aromatic rings. The van der Waals surface area contributed by atoms with Crippen molar-refractivity contribution in [1.29, 1.82) is 0 Å². The number of piperidine rings is 6. The highest BCUT2D eigenvalue weighted by molar-refractivity contribution is 6.43. The number of ether oxygens (including phenoxy) is 3. The number of benzene rings is 6. The van der Waals surface area contributed by atoms with Gasteiger partial charge in [-0.2, -0.15) is 0 Å². The predicted octanol–water partition coefficient (Wildman–Crippen LogP) is 16.7. The van der Waals surface area contributed by atoms with Crippen LogP contribution in [-0.2, 0) is 16.0 Å². The van der Waals surface area contributed by atoms with Gasteiger partial charge in [0.15, 0.2) is 0 Å². The molecule has 0 spiro atoms. The molecule has 6 fully saturated rings. The Kier molecular flexibility index (Phi) is 27.1. The molecule has 15 nitrogen and oxygen atoms in total. The van der Waals surface area contributed by atoms with E-state index in [4.69, 9.17) is 88.9 Å². The van der Waals surface area contributed by atoms with E-state index in [0.29, 0.717) is 53.5 Å². The number of likely N-dealkylation sites (tertiary alicyclic amines) is 4. The van der Waals surface area contributed by atoms with Gasteiger partial charge in [-0.1, -0.05) is 118 Å². The Balaban J connectivity index is 0.000000184. The fraction of sp³-hybridized carbons (Fsp3) is 0.473. The van der Waals surface area contributed by atoms with Gasteiger partial charge < -0.3 is 54.0 Å². The highest BCUT2D eigenvalue weighted by Gasteiger charge is 2.33. The molecule has 514 valence electrons. The van der Waals surface area contributed by atoms with Crippen LogP contribution in [0.15, 0.2) is 133 Å². The van der Waals surface area contributed by atoms with Crippen LogP contribution in [0.1, 0.15) is 107 Å². The average molecular weight is 1420 g/mol. The van der Waals surface area contributed by atoms with Gasteiger partial charge in [-0.25, -0.2) is 4.79 Å². The number of carboxylic acid groups (broad SMARTS) is 3. The number of para-hydroxylation sites is 1. The Hall–Kier alpha value is -5.69. The van der Waals surface area contributed by atoms with E-state index < -0.39 is 23.9 Å². The molecule has 6 aliphatic heterocycles. The third-order valence-corrected chi connectivity index (χ3v) is 21.7. The summed E-state index contributed by atoms with van der Waals surface area (Å²) in [6.45, 7) is 15.3. The summed E-state index contributed by atoms with van der Waals surface area (Å²) >= 11 is 36.2. The van der Waals surface area contributed by atoms with Gasteiger partial charge in [0.05, 0.1) is 42.1 Å². The van der Waals surface area contributed by atoms with E-state index in [1.54, 1.807) is 48.5 Å². The van der Waals surface area contributed by atoms with Crippen LogP contribution < -0.4 is 24.0 Å². The lowest BCUT2D eigenvalue weighted by molar-refractivity contribution is -0.144. The number of hydrogen-bond acceptors (Lipinski definition) is 12. The minimum atomic E-state index is -0.878.